The van der Waals surface area contributed by atoms with Crippen molar-refractivity contribution in [1.29, 1.82) is 0 Å². The molecular weight excluding hydrogens is 404 g/mol. The Kier molecular flexibility index (Phi) is 7.26. The van der Waals surface area contributed by atoms with Gasteiger partial charge in [-0.2, -0.15) is 0 Å². The Balaban J connectivity index is 1.68. The predicted molar refractivity (Wildman–Crippen MR) is 113 cm³/mol. The van der Waals surface area contributed by atoms with Crippen LogP contribution in [0.15, 0.2) is 40.1 Å². The second-order valence-corrected chi connectivity index (χ2v) is 7.93. The molecule has 1 N–H and O–H groups in total. The van der Waals surface area contributed by atoms with Crippen LogP contribution < -0.4 is 5.32 Å². The number of aromatic nitrogens is 3. The van der Waals surface area contributed by atoms with Crippen LogP contribution in [-0.4, -0.2) is 45.3 Å². The minimum atomic E-state index is 0.534. The Labute approximate surface area is 170 Å². The van der Waals surface area contributed by atoms with E-state index in [0.29, 0.717) is 12.6 Å². The number of halogens is 1. The minimum Gasteiger partial charge on any atom is -0.354 e. The molecule has 0 bridgehead atoms. The molecule has 0 spiro atoms. The summed E-state index contributed by atoms with van der Waals surface area (Å²) in [5.74, 6) is 1.99. The Morgan fingerprint density at radius 3 is 2.85 bits per heavy atom. The molecule has 1 aromatic heterocycles. The fraction of sp³-hybridized carbons (Fsp3) is 0.550. The van der Waals surface area contributed by atoms with Gasteiger partial charge in [-0.25, -0.2) is 0 Å². The zero-order valence-electron chi connectivity index (χ0n) is 16.2. The van der Waals surface area contributed by atoms with Gasteiger partial charge in [-0.05, 0) is 24.5 Å². The molecule has 3 rings (SSSR count). The van der Waals surface area contributed by atoms with E-state index in [1.165, 1.54) is 31.2 Å². The molecule has 7 heteroatoms. The van der Waals surface area contributed by atoms with Gasteiger partial charge in [-0.15, -0.1) is 10.2 Å². The largest absolute Gasteiger partial charge is 0.354 e. The van der Waals surface area contributed by atoms with Crippen molar-refractivity contribution in [3.05, 3.63) is 46.5 Å². The first-order chi connectivity index (χ1) is 13.2. The molecule has 27 heavy (non-hydrogen) atoms. The molecule has 0 radical (unpaired) electrons. The summed E-state index contributed by atoms with van der Waals surface area (Å²) in [5, 5.41) is 11.8. The summed E-state index contributed by atoms with van der Waals surface area (Å²) in [5.41, 5.74) is 1.26. The minimum absolute atomic E-state index is 0.534. The van der Waals surface area contributed by atoms with Gasteiger partial charge in [-0.1, -0.05) is 53.9 Å². The van der Waals surface area contributed by atoms with E-state index in [1.807, 2.05) is 6.07 Å². The highest BCUT2D eigenvalue weighted by molar-refractivity contribution is 9.10. The van der Waals surface area contributed by atoms with E-state index in [9.17, 15) is 0 Å². The van der Waals surface area contributed by atoms with Gasteiger partial charge in [0.2, 0.25) is 0 Å². The van der Waals surface area contributed by atoms with Crippen LogP contribution in [0.1, 0.15) is 44.0 Å². The highest BCUT2D eigenvalue weighted by atomic mass is 79.9. The zero-order chi connectivity index (χ0) is 19.1. The molecule has 6 nitrogen and oxygen atoms in total. The van der Waals surface area contributed by atoms with Crippen LogP contribution in [-0.2, 0) is 19.5 Å². The summed E-state index contributed by atoms with van der Waals surface area (Å²) < 4.78 is 3.22. The van der Waals surface area contributed by atoms with Crippen LogP contribution in [0.5, 0.6) is 0 Å². The number of hydrogen-bond acceptors (Lipinski definition) is 3. The van der Waals surface area contributed by atoms with Crippen LogP contribution in [0.3, 0.4) is 0 Å². The second-order valence-electron chi connectivity index (χ2n) is 7.07. The lowest BCUT2D eigenvalue weighted by atomic mass is 10.2. The van der Waals surface area contributed by atoms with Crippen molar-refractivity contribution >= 4 is 21.9 Å². The topological polar surface area (TPSA) is 58.3 Å². The quantitative estimate of drug-likeness (QED) is 0.535. The summed E-state index contributed by atoms with van der Waals surface area (Å²) in [6.45, 7) is 4.42. The molecule has 0 saturated heterocycles. The SMILES string of the molecule is CCc1nncn1CCN=C(NC1CCCC1)N(C)Cc1ccccc1Br. The first-order valence-electron chi connectivity index (χ1n) is 9.79. The lowest BCUT2D eigenvalue weighted by Gasteiger charge is -2.26. The molecule has 1 fully saturated rings. The number of hydrogen-bond donors (Lipinski definition) is 1. The number of rotatable bonds is 7. The Morgan fingerprint density at radius 1 is 1.33 bits per heavy atom. The van der Waals surface area contributed by atoms with Crippen LogP contribution in [0.25, 0.3) is 0 Å². The van der Waals surface area contributed by atoms with E-state index < -0.39 is 0 Å². The first kappa shape index (κ1) is 19.9. The van der Waals surface area contributed by atoms with E-state index in [1.54, 1.807) is 6.33 Å². The van der Waals surface area contributed by atoms with Crippen molar-refractivity contribution in [2.75, 3.05) is 13.6 Å². The van der Waals surface area contributed by atoms with E-state index in [-0.39, 0.29) is 0 Å². The van der Waals surface area contributed by atoms with Crippen molar-refractivity contribution < 1.29 is 0 Å². The molecule has 0 atom stereocenters. The monoisotopic (exact) mass is 432 g/mol. The normalized spacial score (nSPS) is 15.3. The molecule has 1 aromatic carbocycles. The third kappa shape index (κ3) is 5.54. The van der Waals surface area contributed by atoms with Crippen molar-refractivity contribution in [3.8, 4) is 0 Å². The van der Waals surface area contributed by atoms with Crippen molar-refractivity contribution in [2.45, 2.75) is 58.2 Å². The molecule has 1 heterocycles. The number of nitrogens with zero attached hydrogens (tertiary/aromatic N) is 5. The molecule has 0 aliphatic heterocycles. The molecule has 1 saturated carbocycles. The number of aliphatic imine (C=N–C) groups is 1. The number of aryl methyl sites for hydroxylation is 1. The molecule has 2 aromatic rings. The van der Waals surface area contributed by atoms with Crippen LogP contribution >= 0.6 is 15.9 Å². The van der Waals surface area contributed by atoms with E-state index >= 15 is 0 Å². The van der Waals surface area contributed by atoms with Gasteiger partial charge in [0.1, 0.15) is 12.2 Å². The number of benzene rings is 1. The Hall–Kier alpha value is -1.89. The van der Waals surface area contributed by atoms with Gasteiger partial charge in [0, 0.05) is 37.1 Å². The molecule has 1 aliphatic carbocycles. The number of guanidine groups is 1. The summed E-state index contributed by atoms with van der Waals surface area (Å²) in [4.78, 5) is 7.12. The average molecular weight is 433 g/mol. The summed E-state index contributed by atoms with van der Waals surface area (Å²) in [7, 11) is 2.11. The van der Waals surface area contributed by atoms with Crippen molar-refractivity contribution in [3.63, 3.8) is 0 Å². The second kappa shape index (κ2) is 9.88. The molecule has 0 amide bonds. The molecular formula is C20H29BrN6. The number of nitrogens with one attached hydrogen (secondary N) is 1. The van der Waals surface area contributed by atoms with Crippen LogP contribution in [0, 0.1) is 0 Å². The fourth-order valence-corrected chi connectivity index (χ4v) is 3.90. The average Bonchev–Trinajstić information content (AvgIpc) is 3.34. The summed E-state index contributed by atoms with van der Waals surface area (Å²) in [6.07, 6.45) is 7.75. The van der Waals surface area contributed by atoms with Gasteiger partial charge >= 0.3 is 0 Å². The van der Waals surface area contributed by atoms with Crippen molar-refractivity contribution in [2.24, 2.45) is 4.99 Å². The molecule has 1 aliphatic rings. The Morgan fingerprint density at radius 2 is 2.11 bits per heavy atom. The standard InChI is InChI=1S/C20H29BrN6/c1-3-19-25-23-15-27(19)13-12-22-20(24-17-9-5-6-10-17)26(2)14-16-8-4-7-11-18(16)21/h4,7-8,11,15,17H,3,5-6,9-10,12-14H2,1-2H3,(H,22,24). The van der Waals surface area contributed by atoms with Crippen molar-refractivity contribution in [1.82, 2.24) is 25.0 Å². The lowest BCUT2D eigenvalue weighted by Crippen LogP contribution is -2.43. The van der Waals surface area contributed by atoms with Crippen LogP contribution in [0.4, 0.5) is 0 Å². The van der Waals surface area contributed by atoms with E-state index in [2.05, 4.69) is 73.1 Å². The van der Waals surface area contributed by atoms with Gasteiger partial charge < -0.3 is 14.8 Å². The maximum Gasteiger partial charge on any atom is 0.194 e. The maximum absolute atomic E-state index is 4.90. The third-order valence-corrected chi connectivity index (χ3v) is 5.80. The van der Waals surface area contributed by atoms with Crippen LogP contribution in [0.2, 0.25) is 0 Å². The van der Waals surface area contributed by atoms with Gasteiger partial charge in [0.25, 0.3) is 0 Å². The van der Waals surface area contributed by atoms with Gasteiger partial charge in [0.15, 0.2) is 5.96 Å². The maximum atomic E-state index is 4.90. The van der Waals surface area contributed by atoms with E-state index in [0.717, 1.165) is 35.8 Å². The van der Waals surface area contributed by atoms with Gasteiger partial charge in [0.05, 0.1) is 6.54 Å². The fourth-order valence-electron chi connectivity index (χ4n) is 3.49. The highest BCUT2D eigenvalue weighted by Crippen LogP contribution is 2.19. The smallest absolute Gasteiger partial charge is 0.194 e. The third-order valence-electron chi connectivity index (χ3n) is 5.03. The molecule has 0 unspecified atom stereocenters. The van der Waals surface area contributed by atoms with Gasteiger partial charge in [-0.3, -0.25) is 4.99 Å². The summed E-state index contributed by atoms with van der Waals surface area (Å²) in [6, 6.07) is 8.89. The zero-order valence-corrected chi connectivity index (χ0v) is 17.8. The predicted octanol–water partition coefficient (Wildman–Crippen LogP) is 3.62. The molecule has 146 valence electrons. The van der Waals surface area contributed by atoms with E-state index in [4.69, 9.17) is 4.99 Å². The first-order valence-corrected chi connectivity index (χ1v) is 10.6. The highest BCUT2D eigenvalue weighted by Gasteiger charge is 2.18. The summed E-state index contributed by atoms with van der Waals surface area (Å²) >= 11 is 3.65. The Bertz CT molecular complexity index is 750. The lowest BCUT2D eigenvalue weighted by molar-refractivity contribution is 0.455.